The van der Waals surface area contributed by atoms with Gasteiger partial charge in [0.25, 0.3) is 5.91 Å². The molecule has 1 aromatic carbocycles. The molecule has 3 rings (SSSR count). The van der Waals surface area contributed by atoms with Crippen molar-refractivity contribution >= 4 is 17.2 Å². The molecule has 0 spiro atoms. The zero-order valence-corrected chi connectivity index (χ0v) is 13.5. The van der Waals surface area contributed by atoms with Gasteiger partial charge in [0.1, 0.15) is 4.88 Å². The van der Waals surface area contributed by atoms with Crippen molar-refractivity contribution in [2.45, 2.75) is 32.5 Å². The molecule has 2 heterocycles. The standard InChI is InChI=1S/C17H20N2O2S/c1-13-18-11-16(22-13)17(20)19-9-7-15(8-10-19)21-12-14-5-3-2-4-6-14/h2-6,11,15H,7-10,12H2,1H3. The van der Waals surface area contributed by atoms with Gasteiger partial charge in [-0.2, -0.15) is 0 Å². The summed E-state index contributed by atoms with van der Waals surface area (Å²) in [6.45, 7) is 4.09. The van der Waals surface area contributed by atoms with Gasteiger partial charge < -0.3 is 9.64 Å². The van der Waals surface area contributed by atoms with Crippen molar-refractivity contribution in [3.8, 4) is 0 Å². The molecule has 1 amide bonds. The van der Waals surface area contributed by atoms with Crippen molar-refractivity contribution in [1.29, 1.82) is 0 Å². The van der Waals surface area contributed by atoms with Crippen molar-refractivity contribution < 1.29 is 9.53 Å². The zero-order chi connectivity index (χ0) is 15.4. The quantitative estimate of drug-likeness (QED) is 0.869. The van der Waals surface area contributed by atoms with Crippen LogP contribution in [0.3, 0.4) is 0 Å². The fraction of sp³-hybridized carbons (Fsp3) is 0.412. The van der Waals surface area contributed by atoms with Crippen LogP contribution in [-0.2, 0) is 11.3 Å². The summed E-state index contributed by atoms with van der Waals surface area (Å²) in [4.78, 5) is 19.2. The Morgan fingerprint density at radius 3 is 2.68 bits per heavy atom. The first-order chi connectivity index (χ1) is 10.7. The van der Waals surface area contributed by atoms with Gasteiger partial charge in [-0.15, -0.1) is 11.3 Å². The number of likely N-dealkylation sites (tertiary alicyclic amines) is 1. The third-order valence-electron chi connectivity index (χ3n) is 3.89. The number of piperidine rings is 1. The number of rotatable bonds is 4. The van der Waals surface area contributed by atoms with E-state index >= 15 is 0 Å². The third kappa shape index (κ3) is 3.72. The Labute approximate surface area is 134 Å². The second-order valence-electron chi connectivity index (χ2n) is 5.53. The van der Waals surface area contributed by atoms with Crippen LogP contribution >= 0.6 is 11.3 Å². The summed E-state index contributed by atoms with van der Waals surface area (Å²) in [6, 6.07) is 10.2. The molecule has 4 nitrogen and oxygen atoms in total. The highest BCUT2D eigenvalue weighted by Crippen LogP contribution is 2.20. The third-order valence-corrected chi connectivity index (χ3v) is 4.79. The molecule has 116 valence electrons. The highest BCUT2D eigenvalue weighted by atomic mass is 32.1. The number of amides is 1. The first-order valence-electron chi connectivity index (χ1n) is 7.59. The molecular formula is C17H20N2O2S. The van der Waals surface area contributed by atoms with Crippen molar-refractivity contribution in [3.63, 3.8) is 0 Å². The Kier molecular flexibility index (Phi) is 4.85. The minimum absolute atomic E-state index is 0.104. The van der Waals surface area contributed by atoms with E-state index in [9.17, 15) is 4.79 Å². The number of thiazole rings is 1. The molecule has 0 unspecified atom stereocenters. The van der Waals surface area contributed by atoms with Crippen molar-refractivity contribution in [2.24, 2.45) is 0 Å². The largest absolute Gasteiger partial charge is 0.373 e. The number of hydrogen-bond donors (Lipinski definition) is 0. The van der Waals surface area contributed by atoms with Crippen LogP contribution in [0.4, 0.5) is 0 Å². The minimum atomic E-state index is 0.104. The topological polar surface area (TPSA) is 42.4 Å². The Morgan fingerprint density at radius 2 is 2.05 bits per heavy atom. The van der Waals surface area contributed by atoms with E-state index in [0.29, 0.717) is 6.61 Å². The molecule has 1 aliphatic rings. The predicted octanol–water partition coefficient (Wildman–Crippen LogP) is 3.27. The second kappa shape index (κ2) is 7.03. The van der Waals surface area contributed by atoms with E-state index in [-0.39, 0.29) is 12.0 Å². The van der Waals surface area contributed by atoms with Crippen molar-refractivity contribution in [3.05, 3.63) is 52.0 Å². The molecule has 0 bridgehead atoms. The Hall–Kier alpha value is -1.72. The predicted molar refractivity (Wildman–Crippen MR) is 87.0 cm³/mol. The van der Waals surface area contributed by atoms with Gasteiger partial charge >= 0.3 is 0 Å². The lowest BCUT2D eigenvalue weighted by Crippen LogP contribution is -2.40. The molecule has 1 fully saturated rings. The maximum absolute atomic E-state index is 12.4. The molecule has 1 aromatic heterocycles. The summed E-state index contributed by atoms with van der Waals surface area (Å²) >= 11 is 1.46. The first-order valence-corrected chi connectivity index (χ1v) is 8.41. The second-order valence-corrected chi connectivity index (χ2v) is 6.77. The molecule has 1 aliphatic heterocycles. The highest BCUT2D eigenvalue weighted by molar-refractivity contribution is 7.13. The smallest absolute Gasteiger partial charge is 0.265 e. The number of carbonyl (C=O) groups excluding carboxylic acids is 1. The van der Waals surface area contributed by atoms with Gasteiger partial charge in [0.2, 0.25) is 0 Å². The van der Waals surface area contributed by atoms with Crippen LogP contribution in [0.2, 0.25) is 0 Å². The minimum Gasteiger partial charge on any atom is -0.373 e. The van der Waals surface area contributed by atoms with Crippen LogP contribution in [0.1, 0.15) is 33.1 Å². The lowest BCUT2D eigenvalue weighted by atomic mass is 10.1. The maximum atomic E-state index is 12.4. The number of hydrogen-bond acceptors (Lipinski definition) is 4. The number of benzene rings is 1. The fourth-order valence-electron chi connectivity index (χ4n) is 2.63. The Bertz CT molecular complexity index is 619. The molecular weight excluding hydrogens is 296 g/mol. The molecule has 1 saturated heterocycles. The lowest BCUT2D eigenvalue weighted by Gasteiger charge is -2.31. The van der Waals surface area contributed by atoms with E-state index < -0.39 is 0 Å². The molecule has 5 heteroatoms. The van der Waals surface area contributed by atoms with Crippen LogP contribution in [0, 0.1) is 6.92 Å². The Balaban J connectivity index is 1.47. The number of aromatic nitrogens is 1. The van der Waals surface area contributed by atoms with Gasteiger partial charge in [0.05, 0.1) is 23.9 Å². The van der Waals surface area contributed by atoms with Gasteiger partial charge in [-0.3, -0.25) is 4.79 Å². The molecule has 0 aliphatic carbocycles. The van der Waals surface area contributed by atoms with Crippen LogP contribution in [-0.4, -0.2) is 35.0 Å². The number of nitrogens with zero attached hydrogens (tertiary/aromatic N) is 2. The van der Waals surface area contributed by atoms with Crippen LogP contribution in [0.5, 0.6) is 0 Å². The molecule has 22 heavy (non-hydrogen) atoms. The first kappa shape index (κ1) is 15.2. The summed E-state index contributed by atoms with van der Waals surface area (Å²) in [6.07, 6.45) is 3.72. The molecule has 0 radical (unpaired) electrons. The van der Waals surface area contributed by atoms with E-state index in [2.05, 4.69) is 17.1 Å². The number of carbonyl (C=O) groups is 1. The average Bonchev–Trinajstić information content (AvgIpc) is 3.00. The van der Waals surface area contributed by atoms with E-state index in [0.717, 1.165) is 35.8 Å². The monoisotopic (exact) mass is 316 g/mol. The summed E-state index contributed by atoms with van der Waals surface area (Å²) in [5.74, 6) is 0.104. The van der Waals surface area contributed by atoms with Gasteiger partial charge in [-0.1, -0.05) is 30.3 Å². The fourth-order valence-corrected chi connectivity index (χ4v) is 3.38. The SMILES string of the molecule is Cc1ncc(C(=O)N2CCC(OCc3ccccc3)CC2)s1. The van der Waals surface area contributed by atoms with Gasteiger partial charge in [0.15, 0.2) is 0 Å². The molecule has 2 aromatic rings. The average molecular weight is 316 g/mol. The molecule has 0 atom stereocenters. The number of ether oxygens (including phenoxy) is 1. The van der Waals surface area contributed by atoms with Crippen LogP contribution in [0.15, 0.2) is 36.5 Å². The van der Waals surface area contributed by atoms with Crippen molar-refractivity contribution in [2.75, 3.05) is 13.1 Å². The van der Waals surface area contributed by atoms with Gasteiger partial charge in [-0.05, 0) is 25.3 Å². The van der Waals surface area contributed by atoms with Gasteiger partial charge in [-0.25, -0.2) is 4.98 Å². The van der Waals surface area contributed by atoms with E-state index in [1.54, 1.807) is 6.20 Å². The van der Waals surface area contributed by atoms with Gasteiger partial charge in [0, 0.05) is 13.1 Å². The summed E-state index contributed by atoms with van der Waals surface area (Å²) < 4.78 is 5.96. The lowest BCUT2D eigenvalue weighted by molar-refractivity contribution is -0.000274. The van der Waals surface area contributed by atoms with E-state index in [1.165, 1.54) is 16.9 Å². The maximum Gasteiger partial charge on any atom is 0.265 e. The molecule has 0 N–H and O–H groups in total. The number of aryl methyl sites for hydroxylation is 1. The zero-order valence-electron chi connectivity index (χ0n) is 12.7. The van der Waals surface area contributed by atoms with E-state index in [1.807, 2.05) is 30.0 Å². The highest BCUT2D eigenvalue weighted by Gasteiger charge is 2.25. The summed E-state index contributed by atoms with van der Waals surface area (Å²) in [5.41, 5.74) is 1.20. The summed E-state index contributed by atoms with van der Waals surface area (Å²) in [7, 11) is 0. The van der Waals surface area contributed by atoms with Crippen LogP contribution in [0.25, 0.3) is 0 Å². The Morgan fingerprint density at radius 1 is 1.32 bits per heavy atom. The van der Waals surface area contributed by atoms with E-state index in [4.69, 9.17) is 4.74 Å². The normalized spacial score (nSPS) is 16.0. The van der Waals surface area contributed by atoms with Crippen LogP contribution < -0.4 is 0 Å². The summed E-state index contributed by atoms with van der Waals surface area (Å²) in [5, 5.41) is 0.935. The molecule has 0 saturated carbocycles. The van der Waals surface area contributed by atoms with Crippen molar-refractivity contribution in [1.82, 2.24) is 9.88 Å².